The van der Waals surface area contributed by atoms with Gasteiger partial charge in [-0.05, 0) is 25.3 Å². The number of morpholine rings is 1. The SMILES string of the molecule is CCCCOC1CC(CN(C(=O)[C@H]2CNCCO2)C2CC2)=Nc2c(Cl)cccc21. The molecule has 1 aromatic rings. The van der Waals surface area contributed by atoms with Crippen LogP contribution in [-0.2, 0) is 14.3 Å². The first kappa shape index (κ1) is 20.8. The predicted octanol–water partition coefficient (Wildman–Crippen LogP) is 3.65. The number of amides is 1. The lowest BCUT2D eigenvalue weighted by Crippen LogP contribution is -2.51. The van der Waals surface area contributed by atoms with E-state index in [4.69, 9.17) is 26.1 Å². The number of aliphatic imine (C=N–C) groups is 1. The molecule has 2 aliphatic heterocycles. The Morgan fingerprint density at radius 2 is 2.28 bits per heavy atom. The molecule has 0 bridgehead atoms. The molecule has 3 aliphatic rings. The van der Waals surface area contributed by atoms with Crippen molar-refractivity contribution in [1.29, 1.82) is 0 Å². The van der Waals surface area contributed by atoms with E-state index in [1.54, 1.807) is 0 Å². The Bertz CT molecular complexity index is 760. The molecule has 1 amide bonds. The summed E-state index contributed by atoms with van der Waals surface area (Å²) in [5.41, 5.74) is 2.79. The van der Waals surface area contributed by atoms with E-state index >= 15 is 0 Å². The van der Waals surface area contributed by atoms with E-state index in [0.717, 1.165) is 49.2 Å². The molecule has 6 nitrogen and oxygen atoms in total. The average Bonchev–Trinajstić information content (AvgIpc) is 3.58. The zero-order chi connectivity index (χ0) is 20.2. The van der Waals surface area contributed by atoms with Crippen LogP contribution in [0.4, 0.5) is 5.69 Å². The molecule has 0 radical (unpaired) electrons. The van der Waals surface area contributed by atoms with Gasteiger partial charge in [-0.15, -0.1) is 0 Å². The highest BCUT2D eigenvalue weighted by Crippen LogP contribution is 2.40. The number of unbranched alkanes of at least 4 members (excludes halogenated alkanes) is 1. The highest BCUT2D eigenvalue weighted by atomic mass is 35.5. The first-order valence-corrected chi connectivity index (χ1v) is 11.1. The highest BCUT2D eigenvalue weighted by molar-refractivity contribution is 6.33. The molecular weight excluding hydrogens is 390 g/mol. The normalized spacial score (nSPS) is 24.0. The summed E-state index contributed by atoms with van der Waals surface area (Å²) in [5.74, 6) is 0.0656. The van der Waals surface area contributed by atoms with Gasteiger partial charge in [0.15, 0.2) is 0 Å². The number of carbonyl (C=O) groups excluding carboxylic acids is 1. The van der Waals surface area contributed by atoms with Crippen molar-refractivity contribution >= 4 is 28.9 Å². The summed E-state index contributed by atoms with van der Waals surface area (Å²) in [4.78, 5) is 19.9. The summed E-state index contributed by atoms with van der Waals surface area (Å²) >= 11 is 6.46. The van der Waals surface area contributed by atoms with Crippen LogP contribution in [0.5, 0.6) is 0 Å². The lowest BCUT2D eigenvalue weighted by Gasteiger charge is -2.32. The van der Waals surface area contributed by atoms with Gasteiger partial charge in [-0.3, -0.25) is 9.79 Å². The minimum atomic E-state index is -0.402. The molecular formula is C22H30ClN3O3. The maximum Gasteiger partial charge on any atom is 0.253 e. The summed E-state index contributed by atoms with van der Waals surface area (Å²) in [5, 5.41) is 3.88. The van der Waals surface area contributed by atoms with Crippen LogP contribution < -0.4 is 5.32 Å². The van der Waals surface area contributed by atoms with Gasteiger partial charge >= 0.3 is 0 Å². The fourth-order valence-corrected chi connectivity index (χ4v) is 4.16. The van der Waals surface area contributed by atoms with E-state index in [1.165, 1.54) is 0 Å². The number of nitrogens with one attached hydrogen (secondary N) is 1. The van der Waals surface area contributed by atoms with E-state index in [9.17, 15) is 4.79 Å². The van der Waals surface area contributed by atoms with Crippen molar-refractivity contribution in [3.8, 4) is 0 Å². The Hall–Kier alpha value is -1.47. The number of fused-ring (bicyclic) bond motifs is 1. The largest absolute Gasteiger partial charge is 0.373 e. The maximum absolute atomic E-state index is 13.1. The lowest BCUT2D eigenvalue weighted by molar-refractivity contribution is -0.145. The van der Waals surface area contributed by atoms with E-state index in [1.807, 2.05) is 23.1 Å². The van der Waals surface area contributed by atoms with Gasteiger partial charge in [0.05, 0.1) is 30.0 Å². The van der Waals surface area contributed by atoms with Crippen molar-refractivity contribution in [3.05, 3.63) is 28.8 Å². The van der Waals surface area contributed by atoms with Crippen LogP contribution in [0, 0.1) is 0 Å². The fraction of sp³-hybridized carbons (Fsp3) is 0.636. The minimum absolute atomic E-state index is 0.0634. The van der Waals surface area contributed by atoms with Crippen LogP contribution in [0.3, 0.4) is 0 Å². The minimum Gasteiger partial charge on any atom is -0.373 e. The molecule has 0 spiro atoms. The number of carbonyl (C=O) groups is 1. The molecule has 1 saturated heterocycles. The summed E-state index contributed by atoms with van der Waals surface area (Å²) in [6, 6.07) is 6.15. The Morgan fingerprint density at radius 1 is 1.41 bits per heavy atom. The smallest absolute Gasteiger partial charge is 0.253 e. The molecule has 0 aromatic heterocycles. The highest BCUT2D eigenvalue weighted by Gasteiger charge is 2.38. The Labute approximate surface area is 177 Å². The van der Waals surface area contributed by atoms with Crippen molar-refractivity contribution in [3.63, 3.8) is 0 Å². The van der Waals surface area contributed by atoms with Crippen molar-refractivity contribution in [2.75, 3.05) is 32.8 Å². The third kappa shape index (κ3) is 5.00. The predicted molar refractivity (Wildman–Crippen MR) is 114 cm³/mol. The lowest BCUT2D eigenvalue weighted by atomic mass is 9.97. The summed E-state index contributed by atoms with van der Waals surface area (Å²) < 4.78 is 11.9. The molecule has 4 rings (SSSR count). The number of halogens is 1. The van der Waals surface area contributed by atoms with Gasteiger partial charge in [0.2, 0.25) is 0 Å². The zero-order valence-corrected chi connectivity index (χ0v) is 17.8. The second-order valence-electron chi connectivity index (χ2n) is 8.03. The molecule has 1 N–H and O–H groups in total. The summed E-state index contributed by atoms with van der Waals surface area (Å²) in [6.45, 7) is 5.34. The van der Waals surface area contributed by atoms with Crippen LogP contribution in [0.1, 0.15) is 50.7 Å². The van der Waals surface area contributed by atoms with Gasteiger partial charge in [-0.1, -0.05) is 37.1 Å². The molecule has 158 valence electrons. The molecule has 2 heterocycles. The molecule has 1 aromatic carbocycles. The maximum atomic E-state index is 13.1. The third-order valence-electron chi connectivity index (χ3n) is 5.70. The van der Waals surface area contributed by atoms with Crippen molar-refractivity contribution < 1.29 is 14.3 Å². The third-order valence-corrected chi connectivity index (χ3v) is 6.00. The molecule has 1 unspecified atom stereocenters. The van der Waals surface area contributed by atoms with Crippen LogP contribution in [0.25, 0.3) is 0 Å². The molecule has 29 heavy (non-hydrogen) atoms. The van der Waals surface area contributed by atoms with Crippen molar-refractivity contribution in [2.45, 2.75) is 57.3 Å². The number of benzene rings is 1. The van der Waals surface area contributed by atoms with Gasteiger partial charge < -0.3 is 19.7 Å². The summed E-state index contributed by atoms with van der Waals surface area (Å²) in [7, 11) is 0. The van der Waals surface area contributed by atoms with E-state index in [-0.39, 0.29) is 12.0 Å². The van der Waals surface area contributed by atoms with Crippen molar-refractivity contribution in [1.82, 2.24) is 10.2 Å². The topological polar surface area (TPSA) is 63.2 Å². The quantitative estimate of drug-likeness (QED) is 0.653. The molecule has 2 atom stereocenters. The summed E-state index contributed by atoms with van der Waals surface area (Å²) in [6.07, 6.45) is 4.44. The van der Waals surface area contributed by atoms with Crippen LogP contribution in [-0.4, -0.2) is 61.5 Å². The van der Waals surface area contributed by atoms with E-state index in [0.29, 0.717) is 43.8 Å². The number of hydrogen-bond donors (Lipinski definition) is 1. The van der Waals surface area contributed by atoms with Crippen LogP contribution >= 0.6 is 11.6 Å². The zero-order valence-electron chi connectivity index (χ0n) is 17.0. The number of para-hydroxylation sites is 1. The van der Waals surface area contributed by atoms with E-state index in [2.05, 4.69) is 12.2 Å². The number of ether oxygens (including phenoxy) is 2. The number of nitrogens with zero attached hydrogens (tertiary/aromatic N) is 2. The monoisotopic (exact) mass is 419 g/mol. The van der Waals surface area contributed by atoms with Gasteiger partial charge in [0.1, 0.15) is 6.10 Å². The molecule has 2 fully saturated rings. The Morgan fingerprint density at radius 3 is 3.00 bits per heavy atom. The Balaban J connectivity index is 1.53. The number of rotatable bonds is 8. The second kappa shape index (κ2) is 9.56. The second-order valence-corrected chi connectivity index (χ2v) is 8.44. The van der Waals surface area contributed by atoms with E-state index < -0.39 is 6.10 Å². The fourth-order valence-electron chi connectivity index (χ4n) is 3.93. The van der Waals surface area contributed by atoms with Gasteiger partial charge in [0, 0.05) is 43.4 Å². The molecule has 7 heteroatoms. The molecule has 1 saturated carbocycles. The van der Waals surface area contributed by atoms with Gasteiger partial charge in [-0.25, -0.2) is 0 Å². The average molecular weight is 420 g/mol. The Kier molecular flexibility index (Phi) is 6.85. The van der Waals surface area contributed by atoms with Crippen LogP contribution in [0.15, 0.2) is 23.2 Å². The van der Waals surface area contributed by atoms with Gasteiger partial charge in [-0.2, -0.15) is 0 Å². The first-order chi connectivity index (χ1) is 14.2. The van der Waals surface area contributed by atoms with Gasteiger partial charge in [0.25, 0.3) is 5.91 Å². The molecule has 1 aliphatic carbocycles. The van der Waals surface area contributed by atoms with Crippen molar-refractivity contribution in [2.24, 2.45) is 4.99 Å². The van der Waals surface area contributed by atoms with Crippen LogP contribution in [0.2, 0.25) is 5.02 Å². The number of hydrogen-bond acceptors (Lipinski definition) is 5. The first-order valence-electron chi connectivity index (χ1n) is 10.8. The standard InChI is InChI=1S/C22H30ClN3O3/c1-2-3-10-28-19-12-15(25-21-17(19)5-4-6-18(21)23)14-26(16-7-8-16)22(27)20-13-24-9-11-29-20/h4-6,16,19-20,24H,2-3,7-14H2,1H3/t19?,20-/m1/s1.